The zero-order valence-electron chi connectivity index (χ0n) is 18.7. The molecule has 0 radical (unpaired) electrons. The van der Waals surface area contributed by atoms with Crippen LogP contribution in [0.1, 0.15) is 46.0 Å². The molecule has 4 atom stereocenters. The smallest absolute Gasteiger partial charge is 0.312 e. The van der Waals surface area contributed by atoms with Gasteiger partial charge in [0.25, 0.3) is 0 Å². The Kier molecular flexibility index (Phi) is 11.4. The number of ketones is 1. The van der Waals surface area contributed by atoms with Gasteiger partial charge in [-0.3, -0.25) is 24.0 Å². The minimum absolute atomic E-state index is 0.0411. The van der Waals surface area contributed by atoms with Gasteiger partial charge in [-0.2, -0.15) is 0 Å². The first-order valence-corrected chi connectivity index (χ1v) is 10.6. The highest BCUT2D eigenvalue weighted by Gasteiger charge is 2.40. The molecular weight excluding hydrogens is 440 g/mol. The number of nitrogens with one attached hydrogen (secondary N) is 3. The van der Waals surface area contributed by atoms with Crippen LogP contribution in [0.4, 0.5) is 0 Å². The maximum Gasteiger partial charge on any atom is 0.312 e. The number of carbonyl (C=O) groups excluding carboxylic acids is 5. The Morgan fingerprint density at radius 2 is 1.73 bits per heavy atom. The molecule has 0 unspecified atom stereocenters. The monoisotopic (exact) mass is 472 g/mol. The molecule has 1 aliphatic heterocycles. The second-order valence-electron chi connectivity index (χ2n) is 7.95. The number of carboxylic acids is 1. The van der Waals surface area contributed by atoms with Crippen molar-refractivity contribution in [3.05, 3.63) is 0 Å². The summed E-state index contributed by atoms with van der Waals surface area (Å²) >= 11 is 0. The Morgan fingerprint density at radius 3 is 2.30 bits per heavy atom. The van der Waals surface area contributed by atoms with Crippen LogP contribution in [-0.2, 0) is 28.8 Å². The standard InChI is InChI=1S/C20H32N4O9/c1-11(26)5-3-4-6-21-19(32)14(10-25)23-18(31)12(2)22-20(33)15-7-13(27)9-24(15)16(28)8-17(29)30/h12-15,25,27H,3-10H2,1-2H3,(H,21,32)(H,22,33)(H,23,31)(H,29,30)/t12-,13+,14-,15-/m0/s1. The number of likely N-dealkylation sites (tertiary alicyclic amines) is 1. The van der Waals surface area contributed by atoms with Gasteiger partial charge >= 0.3 is 5.97 Å². The molecule has 0 aliphatic carbocycles. The van der Waals surface area contributed by atoms with Gasteiger partial charge in [-0.1, -0.05) is 0 Å². The third-order valence-corrected chi connectivity index (χ3v) is 5.03. The largest absolute Gasteiger partial charge is 0.481 e. The van der Waals surface area contributed by atoms with Crippen LogP contribution in [-0.4, -0.2) is 99.5 Å². The Labute approximate surface area is 190 Å². The molecule has 1 heterocycles. The summed E-state index contributed by atoms with van der Waals surface area (Å²) in [6.45, 7) is 2.17. The number of amides is 4. The van der Waals surface area contributed by atoms with Gasteiger partial charge < -0.3 is 41.0 Å². The molecule has 0 saturated carbocycles. The first-order chi connectivity index (χ1) is 15.5. The first-order valence-electron chi connectivity index (χ1n) is 10.6. The van der Waals surface area contributed by atoms with Gasteiger partial charge in [0.05, 0.1) is 12.7 Å². The number of carboxylic acid groups (broad SMARTS) is 1. The van der Waals surface area contributed by atoms with Crippen molar-refractivity contribution in [1.29, 1.82) is 0 Å². The van der Waals surface area contributed by atoms with Gasteiger partial charge in [-0.15, -0.1) is 0 Å². The minimum atomic E-state index is -1.37. The third-order valence-electron chi connectivity index (χ3n) is 5.03. The van der Waals surface area contributed by atoms with Crippen LogP contribution < -0.4 is 16.0 Å². The van der Waals surface area contributed by atoms with Crippen LogP contribution in [0.15, 0.2) is 0 Å². The van der Waals surface area contributed by atoms with Crippen molar-refractivity contribution in [2.24, 2.45) is 0 Å². The number of Topliss-reactive ketones (excluding diaryl/α,β-unsaturated/α-hetero) is 1. The normalized spacial score (nSPS) is 19.3. The second-order valence-corrected chi connectivity index (χ2v) is 7.95. The van der Waals surface area contributed by atoms with E-state index in [9.17, 15) is 39.0 Å². The lowest BCUT2D eigenvalue weighted by Gasteiger charge is -2.25. The molecule has 0 aromatic carbocycles. The number of aliphatic hydroxyl groups excluding tert-OH is 2. The molecule has 0 aromatic rings. The van der Waals surface area contributed by atoms with E-state index >= 15 is 0 Å². The lowest BCUT2D eigenvalue weighted by atomic mass is 10.1. The van der Waals surface area contributed by atoms with Gasteiger partial charge in [0.2, 0.25) is 23.6 Å². The molecule has 4 amide bonds. The summed E-state index contributed by atoms with van der Waals surface area (Å²) in [4.78, 5) is 71.7. The van der Waals surface area contributed by atoms with E-state index in [-0.39, 0.29) is 25.3 Å². The number of rotatable bonds is 13. The fraction of sp³-hybridized carbons (Fsp3) is 0.700. The van der Waals surface area contributed by atoms with Gasteiger partial charge in [0.15, 0.2) is 0 Å². The van der Waals surface area contributed by atoms with E-state index < -0.39 is 66.9 Å². The van der Waals surface area contributed by atoms with Crippen LogP contribution in [0.2, 0.25) is 0 Å². The SMILES string of the molecule is CC(=O)CCCCNC(=O)[C@H](CO)NC(=O)[C@H](C)NC(=O)[C@@H]1C[C@@H](O)CN1C(=O)CC(=O)O. The van der Waals surface area contributed by atoms with Gasteiger partial charge in [0, 0.05) is 25.9 Å². The molecule has 1 saturated heterocycles. The number of aliphatic hydroxyl groups is 2. The number of carbonyl (C=O) groups is 6. The summed E-state index contributed by atoms with van der Waals surface area (Å²) in [5, 5.41) is 35.2. The third kappa shape index (κ3) is 9.53. The molecule has 0 aromatic heterocycles. The summed E-state index contributed by atoms with van der Waals surface area (Å²) in [5.74, 6) is -4.33. The number of nitrogens with zero attached hydrogens (tertiary/aromatic N) is 1. The molecular formula is C20H32N4O9. The number of β-amino-alcohol motifs (C(OH)–C–C–N with tert-alkyl or cyclic N) is 1. The molecule has 1 fully saturated rings. The molecule has 1 aliphatic rings. The van der Waals surface area contributed by atoms with Gasteiger partial charge in [-0.05, 0) is 26.7 Å². The summed E-state index contributed by atoms with van der Waals surface area (Å²) < 4.78 is 0. The van der Waals surface area contributed by atoms with E-state index in [1.54, 1.807) is 0 Å². The van der Waals surface area contributed by atoms with E-state index in [0.717, 1.165) is 4.90 Å². The summed E-state index contributed by atoms with van der Waals surface area (Å²) in [7, 11) is 0. The van der Waals surface area contributed by atoms with Crippen molar-refractivity contribution in [3.63, 3.8) is 0 Å². The Bertz CT molecular complexity index is 758. The first kappa shape index (κ1) is 28.0. The molecule has 1 rings (SSSR count). The average molecular weight is 472 g/mol. The second kappa shape index (κ2) is 13.5. The number of hydrogen-bond acceptors (Lipinski definition) is 8. The van der Waals surface area contributed by atoms with Crippen molar-refractivity contribution in [2.75, 3.05) is 19.7 Å². The van der Waals surface area contributed by atoms with Crippen molar-refractivity contribution in [1.82, 2.24) is 20.9 Å². The highest BCUT2D eigenvalue weighted by Crippen LogP contribution is 2.19. The highest BCUT2D eigenvalue weighted by molar-refractivity contribution is 5.97. The summed E-state index contributed by atoms with van der Waals surface area (Å²) in [5.41, 5.74) is 0. The number of unbranched alkanes of at least 4 members (excludes halogenated alkanes) is 1. The van der Waals surface area contributed by atoms with Crippen LogP contribution in [0.5, 0.6) is 0 Å². The molecule has 6 N–H and O–H groups in total. The van der Waals surface area contributed by atoms with E-state index in [2.05, 4.69) is 16.0 Å². The maximum atomic E-state index is 12.6. The molecule has 186 valence electrons. The molecule has 13 heteroatoms. The number of aliphatic carboxylic acids is 1. The zero-order chi connectivity index (χ0) is 25.1. The summed E-state index contributed by atoms with van der Waals surface area (Å²) in [6, 6.07) is -3.55. The predicted octanol–water partition coefficient (Wildman–Crippen LogP) is -2.72. The van der Waals surface area contributed by atoms with Crippen LogP contribution in [0.25, 0.3) is 0 Å². The number of hydrogen-bond donors (Lipinski definition) is 6. The Morgan fingerprint density at radius 1 is 1.06 bits per heavy atom. The van der Waals surface area contributed by atoms with Crippen molar-refractivity contribution < 1.29 is 44.1 Å². The molecule has 0 bridgehead atoms. The fourth-order valence-corrected chi connectivity index (χ4v) is 3.27. The summed E-state index contributed by atoms with van der Waals surface area (Å²) in [6.07, 6.45) is -0.429. The van der Waals surface area contributed by atoms with Crippen molar-refractivity contribution in [3.8, 4) is 0 Å². The van der Waals surface area contributed by atoms with Crippen LogP contribution in [0.3, 0.4) is 0 Å². The molecule has 0 spiro atoms. The van der Waals surface area contributed by atoms with Crippen LogP contribution in [0, 0.1) is 0 Å². The Hall–Kier alpha value is -3.06. The highest BCUT2D eigenvalue weighted by atomic mass is 16.4. The quantitative estimate of drug-likeness (QED) is 0.122. The lowest BCUT2D eigenvalue weighted by molar-refractivity contribution is -0.147. The minimum Gasteiger partial charge on any atom is -0.481 e. The van der Waals surface area contributed by atoms with Gasteiger partial charge in [-0.25, -0.2) is 0 Å². The predicted molar refractivity (Wildman–Crippen MR) is 113 cm³/mol. The lowest BCUT2D eigenvalue weighted by Crippen LogP contribution is -2.56. The van der Waals surface area contributed by atoms with E-state index in [0.29, 0.717) is 19.3 Å². The maximum absolute atomic E-state index is 12.6. The van der Waals surface area contributed by atoms with E-state index in [4.69, 9.17) is 5.11 Å². The molecule has 13 nitrogen and oxygen atoms in total. The van der Waals surface area contributed by atoms with Crippen molar-refractivity contribution >= 4 is 35.4 Å². The Balaban J connectivity index is 2.58. The topological polar surface area (TPSA) is 202 Å². The average Bonchev–Trinajstić information content (AvgIpc) is 3.12. The van der Waals surface area contributed by atoms with Gasteiger partial charge in [0.1, 0.15) is 30.3 Å². The zero-order valence-corrected chi connectivity index (χ0v) is 18.7. The van der Waals surface area contributed by atoms with E-state index in [1.807, 2.05) is 0 Å². The molecule has 33 heavy (non-hydrogen) atoms. The fourth-order valence-electron chi connectivity index (χ4n) is 3.27. The van der Waals surface area contributed by atoms with E-state index in [1.165, 1.54) is 13.8 Å². The van der Waals surface area contributed by atoms with Crippen LogP contribution >= 0.6 is 0 Å². The van der Waals surface area contributed by atoms with Crippen molar-refractivity contribution in [2.45, 2.75) is 70.2 Å².